The highest BCUT2D eigenvalue weighted by molar-refractivity contribution is 8.13. The van der Waals surface area contributed by atoms with E-state index >= 15 is 0 Å². The summed E-state index contributed by atoms with van der Waals surface area (Å²) in [6.45, 7) is 7.35. The largest absolute Gasteiger partial charge is 0.362 e. The van der Waals surface area contributed by atoms with Crippen molar-refractivity contribution in [1.29, 1.82) is 0 Å². The third-order valence-electron chi connectivity index (χ3n) is 3.31. The fraction of sp³-hybridized carbons (Fsp3) is 0.533. The van der Waals surface area contributed by atoms with Gasteiger partial charge >= 0.3 is 0 Å². The Morgan fingerprint density at radius 3 is 2.63 bits per heavy atom. The minimum absolute atomic E-state index is 0.200. The summed E-state index contributed by atoms with van der Waals surface area (Å²) in [5, 5.41) is 4.52. The number of thioether (sulfide) groups is 1. The Bertz CT molecular complexity index is 448. The number of nitrogens with one attached hydrogen (secondary N) is 1. The van der Waals surface area contributed by atoms with Gasteiger partial charge in [-0.1, -0.05) is 44.7 Å². The Balaban J connectivity index is 1.97. The fourth-order valence-corrected chi connectivity index (χ4v) is 2.96. The van der Waals surface area contributed by atoms with Crippen LogP contribution in [0.15, 0.2) is 29.3 Å². The lowest BCUT2D eigenvalue weighted by Crippen LogP contribution is -2.46. The van der Waals surface area contributed by atoms with Gasteiger partial charge in [-0.2, -0.15) is 0 Å². The van der Waals surface area contributed by atoms with Crippen LogP contribution < -0.4 is 5.32 Å². The van der Waals surface area contributed by atoms with Crippen LogP contribution in [0.1, 0.15) is 32.8 Å². The standard InChI is InChI=1S/C15H21FN2S/c1-15(2,3)13-8-9-19-14(18-13)17-10-11-4-6-12(16)7-5-11/h4-7,13H,8-10H2,1-3H3,(H,17,18). The van der Waals surface area contributed by atoms with Crippen LogP contribution in [0.4, 0.5) is 4.39 Å². The Morgan fingerprint density at radius 1 is 1.32 bits per heavy atom. The first-order valence-corrected chi connectivity index (χ1v) is 7.62. The van der Waals surface area contributed by atoms with Crippen molar-refractivity contribution in [2.45, 2.75) is 39.8 Å². The van der Waals surface area contributed by atoms with Crippen molar-refractivity contribution in [3.63, 3.8) is 0 Å². The van der Waals surface area contributed by atoms with E-state index in [1.54, 1.807) is 23.9 Å². The fourth-order valence-electron chi connectivity index (χ4n) is 2.03. The predicted octanol–water partition coefficient (Wildman–Crippen LogP) is 3.82. The van der Waals surface area contributed by atoms with Crippen LogP contribution in [0, 0.1) is 11.2 Å². The number of hydrogen-bond donors (Lipinski definition) is 1. The van der Waals surface area contributed by atoms with Crippen LogP contribution in [-0.4, -0.2) is 17.0 Å². The van der Waals surface area contributed by atoms with Crippen molar-refractivity contribution in [2.75, 3.05) is 5.75 Å². The van der Waals surface area contributed by atoms with Crippen molar-refractivity contribution in [3.8, 4) is 0 Å². The van der Waals surface area contributed by atoms with E-state index in [-0.39, 0.29) is 11.2 Å². The molecule has 0 aliphatic carbocycles. The molecule has 1 heterocycles. The molecule has 4 heteroatoms. The zero-order valence-electron chi connectivity index (χ0n) is 11.7. The van der Waals surface area contributed by atoms with Crippen LogP contribution in [0.5, 0.6) is 0 Å². The number of halogens is 1. The molecule has 104 valence electrons. The molecule has 2 nitrogen and oxygen atoms in total. The number of aliphatic imine (C=N–C) groups is 1. The van der Waals surface area contributed by atoms with Crippen molar-refractivity contribution in [1.82, 2.24) is 5.32 Å². The average molecular weight is 280 g/mol. The summed E-state index contributed by atoms with van der Waals surface area (Å²) in [6.07, 6.45) is 1.17. The summed E-state index contributed by atoms with van der Waals surface area (Å²) in [5.41, 5.74) is 1.28. The summed E-state index contributed by atoms with van der Waals surface area (Å²) in [4.78, 5) is 4.59. The molecule has 0 spiro atoms. The quantitative estimate of drug-likeness (QED) is 0.890. The van der Waals surface area contributed by atoms with Crippen LogP contribution >= 0.6 is 11.8 Å². The Hall–Kier alpha value is -1.03. The molecule has 1 saturated heterocycles. The van der Waals surface area contributed by atoms with Crippen molar-refractivity contribution < 1.29 is 4.39 Å². The van der Waals surface area contributed by atoms with Crippen molar-refractivity contribution >= 4 is 16.9 Å². The van der Waals surface area contributed by atoms with E-state index in [0.717, 1.165) is 16.5 Å². The van der Waals surface area contributed by atoms with Gasteiger partial charge in [-0.05, 0) is 29.5 Å². The summed E-state index contributed by atoms with van der Waals surface area (Å²) >= 11 is 1.77. The van der Waals surface area contributed by atoms with E-state index in [1.807, 2.05) is 0 Å². The molecule has 0 amide bonds. The second-order valence-corrected chi connectivity index (χ2v) is 7.03. The monoisotopic (exact) mass is 280 g/mol. The van der Waals surface area contributed by atoms with E-state index in [0.29, 0.717) is 12.6 Å². The topological polar surface area (TPSA) is 24.4 Å². The summed E-state index contributed by atoms with van der Waals surface area (Å²) < 4.78 is 12.8. The highest BCUT2D eigenvalue weighted by Gasteiger charge is 2.28. The zero-order chi connectivity index (χ0) is 13.9. The van der Waals surface area contributed by atoms with Crippen LogP contribution in [0.2, 0.25) is 0 Å². The Kier molecular flexibility index (Phi) is 4.50. The van der Waals surface area contributed by atoms with E-state index in [9.17, 15) is 4.39 Å². The van der Waals surface area contributed by atoms with Gasteiger partial charge in [0.15, 0.2) is 5.17 Å². The molecule has 1 aromatic rings. The zero-order valence-corrected chi connectivity index (χ0v) is 12.6. The number of rotatable bonds is 2. The van der Waals surface area contributed by atoms with Gasteiger partial charge in [0.1, 0.15) is 5.82 Å². The first kappa shape index (κ1) is 14.4. The van der Waals surface area contributed by atoms with Gasteiger partial charge in [0.05, 0.1) is 6.54 Å². The molecule has 1 unspecified atom stereocenters. The minimum Gasteiger partial charge on any atom is -0.362 e. The van der Waals surface area contributed by atoms with Crippen LogP contribution in [0.25, 0.3) is 0 Å². The average Bonchev–Trinajstić information content (AvgIpc) is 2.37. The second-order valence-electron chi connectivity index (χ2n) is 5.95. The maximum atomic E-state index is 12.8. The molecule has 19 heavy (non-hydrogen) atoms. The first-order chi connectivity index (χ1) is 8.95. The normalized spacial score (nSPS) is 22.3. The van der Waals surface area contributed by atoms with Gasteiger partial charge < -0.3 is 5.32 Å². The molecule has 0 saturated carbocycles. The first-order valence-electron chi connectivity index (χ1n) is 6.63. The molecule has 0 aromatic heterocycles. The molecular formula is C15H21FN2S. The highest BCUT2D eigenvalue weighted by Crippen LogP contribution is 2.27. The number of amidine groups is 1. The molecular weight excluding hydrogens is 259 g/mol. The Labute approximate surface area is 118 Å². The molecule has 0 bridgehead atoms. The smallest absolute Gasteiger partial charge is 0.157 e. The third-order valence-corrected chi connectivity index (χ3v) is 4.27. The maximum absolute atomic E-state index is 12.8. The third kappa shape index (κ3) is 4.23. The van der Waals surface area contributed by atoms with Gasteiger partial charge in [-0.15, -0.1) is 0 Å². The molecule has 2 rings (SSSR count). The van der Waals surface area contributed by atoms with Gasteiger partial charge in [0.2, 0.25) is 0 Å². The molecule has 1 fully saturated rings. The molecule has 1 N–H and O–H groups in total. The lowest BCUT2D eigenvalue weighted by atomic mass is 9.85. The number of nitrogens with zero attached hydrogens (tertiary/aromatic N) is 1. The SMILES string of the molecule is CC(C)(C)C1CCSC(=NCc2ccc(F)cc2)N1. The van der Waals surface area contributed by atoms with Gasteiger partial charge in [0, 0.05) is 11.8 Å². The van der Waals surface area contributed by atoms with Gasteiger partial charge in [-0.25, -0.2) is 4.39 Å². The van der Waals surface area contributed by atoms with Gasteiger partial charge in [-0.3, -0.25) is 4.99 Å². The molecule has 0 radical (unpaired) electrons. The lowest BCUT2D eigenvalue weighted by molar-refractivity contribution is 0.290. The summed E-state index contributed by atoms with van der Waals surface area (Å²) in [5.74, 6) is 0.909. The number of hydrogen-bond acceptors (Lipinski definition) is 2. The second kappa shape index (κ2) is 5.95. The maximum Gasteiger partial charge on any atom is 0.157 e. The molecule has 1 aliphatic heterocycles. The Morgan fingerprint density at radius 2 is 2.00 bits per heavy atom. The van der Waals surface area contributed by atoms with Crippen LogP contribution in [-0.2, 0) is 6.54 Å². The summed E-state index contributed by atoms with van der Waals surface area (Å²) in [6, 6.07) is 7.01. The van der Waals surface area contributed by atoms with Crippen molar-refractivity contribution in [2.24, 2.45) is 10.4 Å². The van der Waals surface area contributed by atoms with Crippen molar-refractivity contribution in [3.05, 3.63) is 35.6 Å². The van der Waals surface area contributed by atoms with E-state index < -0.39 is 0 Å². The number of benzene rings is 1. The lowest BCUT2D eigenvalue weighted by Gasteiger charge is -2.35. The highest BCUT2D eigenvalue weighted by atomic mass is 32.2. The molecule has 1 atom stereocenters. The molecule has 1 aromatic carbocycles. The molecule has 1 aliphatic rings. The van der Waals surface area contributed by atoms with E-state index in [1.165, 1.54) is 18.6 Å². The van der Waals surface area contributed by atoms with Crippen LogP contribution in [0.3, 0.4) is 0 Å². The predicted molar refractivity (Wildman–Crippen MR) is 81.0 cm³/mol. The summed E-state index contributed by atoms with van der Waals surface area (Å²) in [7, 11) is 0. The van der Waals surface area contributed by atoms with E-state index in [2.05, 4.69) is 31.1 Å². The van der Waals surface area contributed by atoms with Gasteiger partial charge in [0.25, 0.3) is 0 Å². The minimum atomic E-state index is -0.200. The van der Waals surface area contributed by atoms with E-state index in [4.69, 9.17) is 0 Å².